The molecule has 0 unspecified atom stereocenters. The Labute approximate surface area is 187 Å². The number of carbonyl (C=O) groups is 2. The van der Waals surface area contributed by atoms with Crippen LogP contribution in [-0.4, -0.2) is 60.6 Å². The Morgan fingerprint density at radius 1 is 1.16 bits per heavy atom. The van der Waals surface area contributed by atoms with Gasteiger partial charge in [-0.3, -0.25) is 9.59 Å². The summed E-state index contributed by atoms with van der Waals surface area (Å²) >= 11 is 1.40. The molecular formula is C21H28N4O4S2. The zero-order valence-corrected chi connectivity index (χ0v) is 19.6. The number of nitrogens with one attached hydrogen (secondary N) is 1. The van der Waals surface area contributed by atoms with Gasteiger partial charge in [-0.2, -0.15) is 4.31 Å². The summed E-state index contributed by atoms with van der Waals surface area (Å²) in [5, 5.41) is 5.33. The molecule has 31 heavy (non-hydrogen) atoms. The predicted octanol–water partition coefficient (Wildman–Crippen LogP) is 2.97. The molecule has 0 aliphatic carbocycles. The predicted molar refractivity (Wildman–Crippen MR) is 121 cm³/mol. The smallest absolute Gasteiger partial charge is 0.253 e. The Morgan fingerprint density at radius 2 is 1.77 bits per heavy atom. The van der Waals surface area contributed by atoms with Gasteiger partial charge in [0, 0.05) is 43.0 Å². The summed E-state index contributed by atoms with van der Waals surface area (Å²) in [6.07, 6.45) is 1.16. The second-order valence-corrected chi connectivity index (χ2v) is 10.3. The maximum absolute atomic E-state index is 12.8. The van der Waals surface area contributed by atoms with Gasteiger partial charge in [0.25, 0.3) is 5.91 Å². The molecule has 0 radical (unpaired) electrons. The average molecular weight is 465 g/mol. The number of amides is 2. The van der Waals surface area contributed by atoms with Crippen LogP contribution in [0.1, 0.15) is 42.7 Å². The zero-order chi connectivity index (χ0) is 22.6. The normalized spacial score (nSPS) is 15.3. The Morgan fingerprint density at radius 3 is 2.29 bits per heavy atom. The number of benzene rings is 1. The van der Waals surface area contributed by atoms with E-state index >= 15 is 0 Å². The number of rotatable bonds is 7. The molecule has 1 aliphatic rings. The summed E-state index contributed by atoms with van der Waals surface area (Å²) in [6, 6.07) is 6.08. The van der Waals surface area contributed by atoms with Crippen LogP contribution < -0.4 is 5.32 Å². The number of hydrogen-bond acceptors (Lipinski definition) is 6. The van der Waals surface area contributed by atoms with Gasteiger partial charge in [0.05, 0.1) is 10.6 Å². The van der Waals surface area contributed by atoms with Crippen LogP contribution in [0, 0.1) is 12.8 Å². The number of sulfonamides is 1. The van der Waals surface area contributed by atoms with Crippen molar-refractivity contribution in [2.75, 3.05) is 31.5 Å². The van der Waals surface area contributed by atoms with Crippen molar-refractivity contribution >= 4 is 38.3 Å². The standard InChI is InChI=1S/C21H28N4O4S2/c1-4-25(5-2)31(28,29)18-8-6-17(7-9-18)20(27)24-12-10-16(11-13-24)19(26)23-21-22-15(3)14-30-21/h6-9,14,16H,4-5,10-13H2,1-3H3,(H,22,23,26). The first-order chi connectivity index (χ1) is 14.8. The Hall–Kier alpha value is -2.30. The highest BCUT2D eigenvalue weighted by Gasteiger charge is 2.29. The number of thiazole rings is 1. The second kappa shape index (κ2) is 9.88. The van der Waals surface area contributed by atoms with E-state index in [9.17, 15) is 18.0 Å². The molecule has 2 aromatic rings. The molecule has 168 valence electrons. The average Bonchev–Trinajstić information content (AvgIpc) is 3.18. The largest absolute Gasteiger partial charge is 0.339 e. The lowest BCUT2D eigenvalue weighted by molar-refractivity contribution is -0.121. The van der Waals surface area contributed by atoms with Crippen LogP contribution in [0.2, 0.25) is 0 Å². The van der Waals surface area contributed by atoms with E-state index in [0.29, 0.717) is 49.7 Å². The fraction of sp³-hybridized carbons (Fsp3) is 0.476. The highest BCUT2D eigenvalue weighted by molar-refractivity contribution is 7.89. The number of piperidine rings is 1. The van der Waals surface area contributed by atoms with E-state index in [4.69, 9.17) is 0 Å². The van der Waals surface area contributed by atoms with Crippen molar-refractivity contribution in [2.24, 2.45) is 5.92 Å². The molecule has 0 saturated carbocycles. The SMILES string of the molecule is CCN(CC)S(=O)(=O)c1ccc(C(=O)N2CCC(C(=O)Nc3nc(C)cs3)CC2)cc1. The third kappa shape index (κ3) is 5.31. The van der Waals surface area contributed by atoms with Gasteiger partial charge < -0.3 is 10.2 Å². The lowest BCUT2D eigenvalue weighted by Crippen LogP contribution is -2.41. The van der Waals surface area contributed by atoms with Crippen molar-refractivity contribution in [3.63, 3.8) is 0 Å². The maximum Gasteiger partial charge on any atom is 0.253 e. The van der Waals surface area contributed by atoms with Gasteiger partial charge >= 0.3 is 0 Å². The molecule has 0 bridgehead atoms. The Balaban J connectivity index is 1.58. The highest BCUT2D eigenvalue weighted by Crippen LogP contribution is 2.23. The number of likely N-dealkylation sites (tertiary alicyclic amines) is 1. The van der Waals surface area contributed by atoms with Crippen LogP contribution in [0.25, 0.3) is 0 Å². The van der Waals surface area contributed by atoms with Crippen LogP contribution in [0.4, 0.5) is 5.13 Å². The maximum atomic E-state index is 12.8. The van der Waals surface area contributed by atoms with Gasteiger partial charge in [0.2, 0.25) is 15.9 Å². The summed E-state index contributed by atoms with van der Waals surface area (Å²) in [5.41, 5.74) is 1.32. The summed E-state index contributed by atoms with van der Waals surface area (Å²) in [5.74, 6) is -0.372. The highest BCUT2D eigenvalue weighted by atomic mass is 32.2. The molecule has 0 atom stereocenters. The number of anilines is 1. The van der Waals surface area contributed by atoms with E-state index in [1.807, 2.05) is 12.3 Å². The first-order valence-electron chi connectivity index (χ1n) is 10.4. The van der Waals surface area contributed by atoms with Crippen molar-refractivity contribution in [1.29, 1.82) is 0 Å². The summed E-state index contributed by atoms with van der Waals surface area (Å²) < 4.78 is 26.6. The minimum atomic E-state index is -3.55. The Kier molecular flexibility index (Phi) is 7.45. The number of aromatic nitrogens is 1. The van der Waals surface area contributed by atoms with Crippen LogP contribution >= 0.6 is 11.3 Å². The molecule has 1 aliphatic heterocycles. The molecule has 1 fully saturated rings. The minimum Gasteiger partial charge on any atom is -0.339 e. The zero-order valence-electron chi connectivity index (χ0n) is 18.0. The quantitative estimate of drug-likeness (QED) is 0.679. The first-order valence-corrected chi connectivity index (χ1v) is 12.7. The van der Waals surface area contributed by atoms with E-state index in [2.05, 4.69) is 10.3 Å². The van der Waals surface area contributed by atoms with Gasteiger partial charge in [-0.05, 0) is 44.0 Å². The van der Waals surface area contributed by atoms with Crippen LogP contribution in [-0.2, 0) is 14.8 Å². The van der Waals surface area contributed by atoms with E-state index in [0.717, 1.165) is 5.69 Å². The molecule has 1 saturated heterocycles. The number of nitrogens with zero attached hydrogens (tertiary/aromatic N) is 3. The first kappa shape index (κ1) is 23.4. The summed E-state index contributed by atoms with van der Waals surface area (Å²) in [4.78, 5) is 31.4. The molecule has 2 amide bonds. The molecule has 2 heterocycles. The molecule has 10 heteroatoms. The van der Waals surface area contributed by atoms with Gasteiger partial charge in [0.1, 0.15) is 0 Å². The summed E-state index contributed by atoms with van der Waals surface area (Å²) in [6.45, 7) is 7.21. The Bertz CT molecular complexity index is 1020. The number of carbonyl (C=O) groups excluding carboxylic acids is 2. The van der Waals surface area contributed by atoms with E-state index in [1.165, 1.54) is 27.8 Å². The molecular weight excluding hydrogens is 436 g/mol. The third-order valence-corrected chi connectivity index (χ3v) is 8.39. The van der Waals surface area contributed by atoms with Crippen molar-refractivity contribution in [3.8, 4) is 0 Å². The molecule has 0 spiro atoms. The van der Waals surface area contributed by atoms with Crippen LogP contribution in [0.15, 0.2) is 34.5 Å². The number of aryl methyl sites for hydroxylation is 1. The van der Waals surface area contributed by atoms with Gasteiger partial charge in [0.15, 0.2) is 5.13 Å². The fourth-order valence-corrected chi connectivity index (χ4v) is 5.78. The topological polar surface area (TPSA) is 99.7 Å². The van der Waals surface area contributed by atoms with Crippen molar-refractivity contribution in [3.05, 3.63) is 40.9 Å². The van der Waals surface area contributed by atoms with Crippen molar-refractivity contribution in [2.45, 2.75) is 38.5 Å². The lowest BCUT2D eigenvalue weighted by atomic mass is 9.95. The summed E-state index contributed by atoms with van der Waals surface area (Å²) in [7, 11) is -3.55. The fourth-order valence-electron chi connectivity index (χ4n) is 3.63. The minimum absolute atomic E-state index is 0.0626. The van der Waals surface area contributed by atoms with Crippen molar-refractivity contribution in [1.82, 2.24) is 14.2 Å². The molecule has 8 nitrogen and oxygen atoms in total. The van der Waals surface area contributed by atoms with E-state index in [-0.39, 0.29) is 22.6 Å². The van der Waals surface area contributed by atoms with E-state index < -0.39 is 10.0 Å². The monoisotopic (exact) mass is 464 g/mol. The van der Waals surface area contributed by atoms with Gasteiger partial charge in [-0.1, -0.05) is 13.8 Å². The van der Waals surface area contributed by atoms with E-state index in [1.54, 1.807) is 30.9 Å². The van der Waals surface area contributed by atoms with Crippen LogP contribution in [0.3, 0.4) is 0 Å². The number of hydrogen-bond donors (Lipinski definition) is 1. The lowest BCUT2D eigenvalue weighted by Gasteiger charge is -2.31. The molecule has 1 aromatic carbocycles. The van der Waals surface area contributed by atoms with Crippen molar-refractivity contribution < 1.29 is 18.0 Å². The van der Waals surface area contributed by atoms with Gasteiger partial charge in [-0.25, -0.2) is 13.4 Å². The molecule has 1 aromatic heterocycles. The molecule has 1 N–H and O–H groups in total. The third-order valence-electron chi connectivity index (χ3n) is 5.45. The second-order valence-electron chi connectivity index (χ2n) is 7.46. The van der Waals surface area contributed by atoms with Gasteiger partial charge in [-0.15, -0.1) is 11.3 Å². The van der Waals surface area contributed by atoms with Crippen LogP contribution in [0.5, 0.6) is 0 Å². The molecule has 3 rings (SSSR count).